The number of nitrogens with zero attached hydrogens (tertiary/aromatic N) is 2. The zero-order chi connectivity index (χ0) is 70.4. The van der Waals surface area contributed by atoms with E-state index in [1.54, 1.807) is 86.6 Å². The molecule has 2 amide bonds. The van der Waals surface area contributed by atoms with Crippen LogP contribution in [-0.4, -0.2) is 66.6 Å². The van der Waals surface area contributed by atoms with Crippen molar-refractivity contribution in [1.29, 1.82) is 0 Å². The first-order chi connectivity index (χ1) is 47.8. The molecule has 1 N–H and O–H groups in total. The molecule has 6 aromatic heterocycles. The Morgan fingerprint density at radius 2 is 0.747 bits per heavy atom. The van der Waals surface area contributed by atoms with Crippen molar-refractivity contribution >= 4 is 48.3 Å². The molecule has 11 aromatic rings. The number of ether oxygens (including phenoxy) is 4. The fourth-order valence-electron chi connectivity index (χ4n) is 8.96. The van der Waals surface area contributed by atoms with Crippen LogP contribution in [0, 0.1) is 17.5 Å². The van der Waals surface area contributed by atoms with Gasteiger partial charge in [0.2, 0.25) is 50.8 Å². The standard InChI is InChI=1S/C28H22FNO7.C25H17FO6.C21H16FNO7/c1-2-34-28(33)30-16-22-15-23(31)26(35-17-19-6-4-3-5-7-19)27(37-22)25(32)24-13-12-21(36-24)14-18-8-10-20(29)11-9-18;26-18-8-6-16(7-9-18)12-19-10-11-22(31-19)23(29)25-24(21(28)13-20(14-27)32-25)30-15-17-4-2-1-3-5-17;1-2-28-21(27)23-11-15-10-16(24)18(25)20(30-15)19(26)17-8-7-14(29-17)9-12-3-5-13(22)6-4-12/h3-13,15-16H,2,14,17H2,1H3;1-11,13-14H,12,15H2;3-8,10-11,25H,2,9H2,1H3. The first kappa shape index (κ1) is 70.3. The highest BCUT2D eigenvalue weighted by molar-refractivity contribution is 6.08. The Bertz CT molecular complexity index is 4910. The van der Waals surface area contributed by atoms with Crippen LogP contribution < -0.4 is 25.8 Å². The van der Waals surface area contributed by atoms with Gasteiger partial charge in [0, 0.05) is 37.5 Å². The van der Waals surface area contributed by atoms with Gasteiger partial charge in [0.1, 0.15) is 59.5 Å². The lowest BCUT2D eigenvalue weighted by Crippen LogP contribution is -2.15. The summed E-state index contributed by atoms with van der Waals surface area (Å²) >= 11 is 0. The molecule has 6 heterocycles. The number of aldehydes is 1. The lowest BCUT2D eigenvalue weighted by atomic mass is 10.1. The van der Waals surface area contributed by atoms with Crippen LogP contribution in [0.1, 0.15) is 130 Å². The number of halogens is 3. The van der Waals surface area contributed by atoms with E-state index in [1.165, 1.54) is 60.7 Å². The van der Waals surface area contributed by atoms with Crippen LogP contribution in [0.2, 0.25) is 0 Å². The Morgan fingerprint density at radius 3 is 1.11 bits per heavy atom. The van der Waals surface area contributed by atoms with Crippen molar-refractivity contribution in [1.82, 2.24) is 0 Å². The van der Waals surface area contributed by atoms with E-state index in [9.17, 15) is 61.4 Å². The molecule has 0 bridgehead atoms. The molecular weight excluding hydrogens is 1290 g/mol. The topological polar surface area (TPSA) is 314 Å². The molecule has 0 aliphatic carbocycles. The van der Waals surface area contributed by atoms with Crippen LogP contribution in [0.25, 0.3) is 0 Å². The van der Waals surface area contributed by atoms with E-state index in [4.69, 9.17) is 40.7 Å². The van der Waals surface area contributed by atoms with Gasteiger partial charge >= 0.3 is 12.2 Å². The SMILES string of the molecule is CCOC(=O)N=Cc1cc(=O)c(O)c(C(=O)c2ccc(Cc3ccc(F)cc3)o2)o1.CCOC(=O)N=Cc1cc(=O)c(OCc2ccccc2)c(C(=O)c2ccc(Cc3ccc(F)cc3)o2)o1.O=Cc1cc(=O)c(OCc2ccccc2)c(C(=O)c2ccc(Cc3ccc(F)cc3)o2)o1. The fraction of sp³-hybridized carbons (Fsp3) is 0.122. The summed E-state index contributed by atoms with van der Waals surface area (Å²) in [7, 11) is 0. The smallest absolute Gasteiger partial charge is 0.433 e. The summed E-state index contributed by atoms with van der Waals surface area (Å²) in [6.07, 6.45) is 1.40. The highest BCUT2D eigenvalue weighted by Crippen LogP contribution is 2.27. The molecule has 0 radical (unpaired) electrons. The van der Waals surface area contributed by atoms with Crippen LogP contribution >= 0.6 is 0 Å². The number of furan rings is 3. The number of amides is 2. The van der Waals surface area contributed by atoms with Gasteiger partial charge in [-0.05, 0) is 114 Å². The summed E-state index contributed by atoms with van der Waals surface area (Å²) in [5.41, 5.74) is 1.69. The van der Waals surface area contributed by atoms with E-state index < -0.39 is 68.9 Å². The van der Waals surface area contributed by atoms with Crippen LogP contribution in [0.3, 0.4) is 0 Å². The zero-order valence-corrected chi connectivity index (χ0v) is 52.3. The van der Waals surface area contributed by atoms with E-state index in [2.05, 4.69) is 14.7 Å². The number of hydrogen-bond acceptors (Lipinski definition) is 20. The first-order valence-electron chi connectivity index (χ1n) is 29.9. The van der Waals surface area contributed by atoms with Crippen LogP contribution in [0.4, 0.5) is 22.8 Å². The minimum Gasteiger partial charge on any atom is -0.501 e. The molecule has 0 fully saturated rings. The van der Waals surface area contributed by atoms with Gasteiger partial charge in [-0.25, -0.2) is 22.8 Å². The Balaban J connectivity index is 0.000000175. The van der Waals surface area contributed by atoms with Gasteiger partial charge in [0.15, 0.2) is 29.3 Å². The minimum absolute atomic E-state index is 0.0100. The van der Waals surface area contributed by atoms with E-state index in [0.29, 0.717) is 42.8 Å². The lowest BCUT2D eigenvalue weighted by Gasteiger charge is -2.09. The molecule has 0 unspecified atom stereocenters. The van der Waals surface area contributed by atoms with Gasteiger partial charge in [0.25, 0.3) is 17.3 Å². The summed E-state index contributed by atoms with van der Waals surface area (Å²) in [6, 6.07) is 47.6. The largest absolute Gasteiger partial charge is 0.501 e. The number of carbonyl (C=O) groups excluding carboxylic acids is 6. The average Bonchev–Trinajstić information content (AvgIpc) is 1.54. The second-order valence-electron chi connectivity index (χ2n) is 20.8. The third kappa shape index (κ3) is 19.8. The Morgan fingerprint density at radius 1 is 0.414 bits per heavy atom. The van der Waals surface area contributed by atoms with Crippen molar-refractivity contribution in [2.24, 2.45) is 9.98 Å². The second kappa shape index (κ2) is 33.9. The molecule has 0 saturated heterocycles. The summed E-state index contributed by atoms with van der Waals surface area (Å²) < 4.78 is 92.9. The van der Waals surface area contributed by atoms with Gasteiger partial charge in [-0.2, -0.15) is 9.98 Å². The van der Waals surface area contributed by atoms with E-state index in [-0.39, 0.29) is 89.9 Å². The Labute approximate surface area is 558 Å². The second-order valence-corrected chi connectivity index (χ2v) is 20.8. The first-order valence-corrected chi connectivity index (χ1v) is 29.9. The third-order valence-electron chi connectivity index (χ3n) is 13.6. The maximum Gasteiger partial charge on any atom is 0.433 e. The highest BCUT2D eigenvalue weighted by atomic mass is 19.1. The van der Waals surface area contributed by atoms with Crippen molar-refractivity contribution in [2.75, 3.05) is 13.2 Å². The van der Waals surface area contributed by atoms with Gasteiger partial charge in [0.05, 0.1) is 25.6 Å². The molecule has 0 atom stereocenters. The molecule has 0 aliphatic heterocycles. The normalized spacial score (nSPS) is 10.9. The number of carbonyl (C=O) groups is 6. The maximum absolute atomic E-state index is 13.3. The molecule has 0 saturated carbocycles. The zero-order valence-electron chi connectivity index (χ0n) is 52.3. The van der Waals surface area contributed by atoms with E-state index in [1.807, 2.05) is 36.4 Å². The third-order valence-corrected chi connectivity index (χ3v) is 13.6. The Kier molecular flexibility index (Phi) is 24.0. The summed E-state index contributed by atoms with van der Waals surface area (Å²) in [5, 5.41) is 9.94. The number of aromatic hydroxyl groups is 1. The molecule has 25 heteroatoms. The molecule has 22 nitrogen and oxygen atoms in total. The fourth-order valence-corrected chi connectivity index (χ4v) is 8.96. The molecular formula is C74H55F3N2O20. The van der Waals surface area contributed by atoms with Crippen LogP contribution in [-0.2, 0) is 41.9 Å². The van der Waals surface area contributed by atoms with Gasteiger partial charge in [-0.15, -0.1) is 0 Å². The van der Waals surface area contributed by atoms with Crippen LogP contribution in [0.15, 0.2) is 239 Å². The molecule has 0 spiro atoms. The quantitative estimate of drug-likeness (QED) is 0.0353. The minimum atomic E-state index is -0.905. The maximum atomic E-state index is 13.3. The number of hydrogen-bond donors (Lipinski definition) is 1. The van der Waals surface area contributed by atoms with Gasteiger partial charge < -0.3 is 50.6 Å². The van der Waals surface area contributed by atoms with Gasteiger partial charge in [-0.3, -0.25) is 33.6 Å². The predicted molar refractivity (Wildman–Crippen MR) is 347 cm³/mol. The molecule has 0 aliphatic rings. The molecule has 5 aromatic carbocycles. The van der Waals surface area contributed by atoms with Crippen LogP contribution in [0.5, 0.6) is 17.2 Å². The number of aliphatic imine (C=N–C) groups is 2. The molecule has 99 heavy (non-hydrogen) atoms. The van der Waals surface area contributed by atoms with Crippen molar-refractivity contribution < 1.29 is 92.5 Å². The number of ketones is 3. The Hall–Kier alpha value is -13.1. The molecule has 502 valence electrons. The monoisotopic (exact) mass is 1350 g/mol. The van der Waals surface area contributed by atoms with Crippen molar-refractivity contribution in [2.45, 2.75) is 46.3 Å². The van der Waals surface area contributed by atoms with Crippen molar-refractivity contribution in [3.8, 4) is 17.2 Å². The summed E-state index contributed by atoms with van der Waals surface area (Å²) in [6.45, 7) is 3.49. The van der Waals surface area contributed by atoms with E-state index >= 15 is 0 Å². The number of benzene rings is 5. The van der Waals surface area contributed by atoms with Gasteiger partial charge in [-0.1, -0.05) is 97.1 Å². The average molecular weight is 1350 g/mol. The predicted octanol–water partition coefficient (Wildman–Crippen LogP) is 13.4. The molecule has 11 rings (SSSR count). The lowest BCUT2D eigenvalue weighted by molar-refractivity contribution is 0.0959. The highest BCUT2D eigenvalue weighted by Gasteiger charge is 2.28. The van der Waals surface area contributed by atoms with Crippen molar-refractivity contribution in [3.05, 3.63) is 333 Å². The summed E-state index contributed by atoms with van der Waals surface area (Å²) in [4.78, 5) is 117. The van der Waals surface area contributed by atoms with E-state index in [0.717, 1.165) is 58.4 Å². The summed E-state index contributed by atoms with van der Waals surface area (Å²) in [5.74, 6) is -6.13. The van der Waals surface area contributed by atoms with Crippen molar-refractivity contribution in [3.63, 3.8) is 0 Å². The number of rotatable bonds is 23.